The molecule has 0 atom stereocenters. The summed E-state index contributed by atoms with van der Waals surface area (Å²) in [5.74, 6) is -0.507. The predicted molar refractivity (Wildman–Crippen MR) is 57.8 cm³/mol. The molecule has 1 heterocycles. The van der Waals surface area contributed by atoms with E-state index in [1.165, 1.54) is 12.3 Å². The minimum Gasteiger partial charge on any atom is -0.490 e. The minimum absolute atomic E-state index is 0.00535. The molecule has 0 saturated carbocycles. The molecule has 0 aliphatic carbocycles. The summed E-state index contributed by atoms with van der Waals surface area (Å²) in [7, 11) is 0. The van der Waals surface area contributed by atoms with Crippen molar-refractivity contribution in [3.8, 4) is 5.75 Å². The first-order chi connectivity index (χ1) is 7.59. The molecule has 88 valence electrons. The van der Waals surface area contributed by atoms with Crippen LogP contribution < -0.4 is 4.74 Å². The smallest absolute Gasteiger partial charge is 0.354 e. The van der Waals surface area contributed by atoms with Crippen molar-refractivity contribution in [2.75, 3.05) is 13.2 Å². The number of ether oxygens (including phenoxy) is 2. The molecule has 1 rings (SSSR count). The van der Waals surface area contributed by atoms with Crippen LogP contribution >= 0.6 is 0 Å². The van der Waals surface area contributed by atoms with Gasteiger partial charge in [0.05, 0.1) is 18.9 Å². The third-order valence-corrected chi connectivity index (χ3v) is 1.76. The summed E-state index contributed by atoms with van der Waals surface area (Å²) in [4.78, 5) is 14.3. The Labute approximate surface area is 94.0 Å². The van der Waals surface area contributed by atoms with Crippen molar-refractivity contribution < 1.29 is 19.4 Å². The van der Waals surface area contributed by atoms with E-state index in [9.17, 15) is 4.79 Å². The quantitative estimate of drug-likeness (QED) is 0.744. The first-order valence-corrected chi connectivity index (χ1v) is 5.03. The fourth-order valence-corrected chi connectivity index (χ4v) is 1.04. The summed E-state index contributed by atoms with van der Waals surface area (Å²) in [6, 6.07) is 2.98. The molecule has 0 aromatic carbocycles. The van der Waals surface area contributed by atoms with E-state index < -0.39 is 5.97 Å². The van der Waals surface area contributed by atoms with E-state index in [4.69, 9.17) is 14.6 Å². The molecule has 0 bridgehead atoms. The van der Waals surface area contributed by atoms with Gasteiger partial charge in [0.25, 0.3) is 0 Å². The third-order valence-electron chi connectivity index (χ3n) is 1.76. The molecule has 1 aromatic rings. The summed E-state index contributed by atoms with van der Waals surface area (Å²) >= 11 is 0. The van der Waals surface area contributed by atoms with Crippen LogP contribution in [0.1, 0.15) is 24.3 Å². The van der Waals surface area contributed by atoms with Crippen LogP contribution in [0.2, 0.25) is 0 Å². The van der Waals surface area contributed by atoms with E-state index in [2.05, 4.69) is 4.98 Å². The van der Waals surface area contributed by atoms with Gasteiger partial charge < -0.3 is 14.6 Å². The number of pyridine rings is 1. The molecule has 0 fully saturated rings. The Hall–Kier alpha value is -1.62. The fourth-order valence-electron chi connectivity index (χ4n) is 1.04. The largest absolute Gasteiger partial charge is 0.490 e. The highest BCUT2D eigenvalue weighted by molar-refractivity contribution is 5.85. The maximum atomic E-state index is 10.5. The van der Waals surface area contributed by atoms with Crippen LogP contribution in [-0.4, -0.2) is 35.4 Å². The van der Waals surface area contributed by atoms with Gasteiger partial charge in [-0.2, -0.15) is 0 Å². The summed E-state index contributed by atoms with van der Waals surface area (Å²) in [5.41, 5.74) is 0.00535. The van der Waals surface area contributed by atoms with Crippen molar-refractivity contribution in [3.63, 3.8) is 0 Å². The van der Waals surface area contributed by atoms with E-state index in [1.807, 2.05) is 13.8 Å². The highest BCUT2D eigenvalue weighted by Crippen LogP contribution is 2.08. The van der Waals surface area contributed by atoms with E-state index in [-0.39, 0.29) is 11.8 Å². The van der Waals surface area contributed by atoms with E-state index in [1.54, 1.807) is 6.07 Å². The molecule has 5 nitrogen and oxygen atoms in total. The average molecular weight is 225 g/mol. The molecular formula is C11H15NO4. The molecule has 0 amide bonds. The summed E-state index contributed by atoms with van der Waals surface area (Å²) in [6.07, 6.45) is 1.56. The van der Waals surface area contributed by atoms with E-state index >= 15 is 0 Å². The Bertz CT molecular complexity index is 334. The van der Waals surface area contributed by atoms with Crippen molar-refractivity contribution in [1.29, 1.82) is 0 Å². The Morgan fingerprint density at radius 2 is 2.19 bits per heavy atom. The maximum Gasteiger partial charge on any atom is 0.354 e. The molecule has 0 unspecified atom stereocenters. The predicted octanol–water partition coefficient (Wildman–Crippen LogP) is 1.58. The van der Waals surface area contributed by atoms with E-state index in [0.717, 1.165) is 0 Å². The number of hydrogen-bond donors (Lipinski definition) is 1. The lowest BCUT2D eigenvalue weighted by molar-refractivity contribution is 0.0551. The second-order valence-electron chi connectivity index (χ2n) is 3.45. The zero-order chi connectivity index (χ0) is 12.0. The van der Waals surface area contributed by atoms with Crippen molar-refractivity contribution in [2.24, 2.45) is 0 Å². The zero-order valence-electron chi connectivity index (χ0n) is 9.34. The van der Waals surface area contributed by atoms with Crippen LogP contribution in [0.15, 0.2) is 18.3 Å². The molecule has 5 heteroatoms. The highest BCUT2D eigenvalue weighted by Gasteiger charge is 2.03. The first kappa shape index (κ1) is 12.4. The molecule has 0 radical (unpaired) electrons. The van der Waals surface area contributed by atoms with Gasteiger partial charge in [-0.1, -0.05) is 0 Å². The van der Waals surface area contributed by atoms with Gasteiger partial charge >= 0.3 is 5.97 Å². The monoisotopic (exact) mass is 225 g/mol. The first-order valence-electron chi connectivity index (χ1n) is 5.03. The van der Waals surface area contributed by atoms with Crippen molar-refractivity contribution >= 4 is 5.97 Å². The SMILES string of the molecule is CC(C)OCCOc1ccc(C(=O)O)nc1. The number of aromatic carboxylic acids is 1. The molecule has 0 spiro atoms. The summed E-state index contributed by atoms with van der Waals surface area (Å²) in [6.45, 7) is 4.82. The Morgan fingerprint density at radius 3 is 2.69 bits per heavy atom. The average Bonchev–Trinajstić information content (AvgIpc) is 2.25. The standard InChI is InChI=1S/C11H15NO4/c1-8(2)15-5-6-16-9-3-4-10(11(13)14)12-7-9/h3-4,7-8H,5-6H2,1-2H3,(H,13,14). The highest BCUT2D eigenvalue weighted by atomic mass is 16.5. The van der Waals surface area contributed by atoms with Gasteiger partial charge in [-0.15, -0.1) is 0 Å². The molecule has 0 aliphatic rings. The van der Waals surface area contributed by atoms with Crippen LogP contribution in [0.4, 0.5) is 0 Å². The number of aromatic nitrogens is 1. The van der Waals surface area contributed by atoms with Gasteiger partial charge in [-0.05, 0) is 26.0 Å². The third kappa shape index (κ3) is 4.27. The summed E-state index contributed by atoms with van der Waals surface area (Å²) in [5, 5.41) is 8.63. The lowest BCUT2D eigenvalue weighted by Crippen LogP contribution is -2.11. The van der Waals surface area contributed by atoms with Gasteiger partial charge in [0.2, 0.25) is 0 Å². The van der Waals surface area contributed by atoms with Crippen molar-refractivity contribution in [3.05, 3.63) is 24.0 Å². The van der Waals surface area contributed by atoms with E-state index in [0.29, 0.717) is 19.0 Å². The second-order valence-corrected chi connectivity index (χ2v) is 3.45. The Kier molecular flexibility index (Phi) is 4.72. The van der Waals surface area contributed by atoms with Crippen LogP contribution in [-0.2, 0) is 4.74 Å². The Balaban J connectivity index is 2.35. The zero-order valence-corrected chi connectivity index (χ0v) is 9.34. The number of nitrogens with zero attached hydrogens (tertiary/aromatic N) is 1. The maximum absolute atomic E-state index is 10.5. The van der Waals surface area contributed by atoms with Gasteiger partial charge in [-0.3, -0.25) is 0 Å². The van der Waals surface area contributed by atoms with Crippen LogP contribution in [0, 0.1) is 0 Å². The van der Waals surface area contributed by atoms with Gasteiger partial charge in [-0.25, -0.2) is 9.78 Å². The van der Waals surface area contributed by atoms with Crippen LogP contribution in [0.3, 0.4) is 0 Å². The fraction of sp³-hybridized carbons (Fsp3) is 0.455. The molecule has 0 saturated heterocycles. The van der Waals surface area contributed by atoms with Crippen LogP contribution in [0.25, 0.3) is 0 Å². The molecule has 1 aromatic heterocycles. The summed E-state index contributed by atoms with van der Waals surface area (Å²) < 4.78 is 10.6. The molecular weight excluding hydrogens is 210 g/mol. The van der Waals surface area contributed by atoms with Crippen molar-refractivity contribution in [1.82, 2.24) is 4.98 Å². The number of carboxylic acids is 1. The lowest BCUT2D eigenvalue weighted by atomic mass is 10.3. The minimum atomic E-state index is -1.05. The molecule has 1 N–H and O–H groups in total. The normalized spacial score (nSPS) is 10.4. The topological polar surface area (TPSA) is 68.7 Å². The van der Waals surface area contributed by atoms with Crippen molar-refractivity contribution in [2.45, 2.75) is 20.0 Å². The number of carboxylic acid groups (broad SMARTS) is 1. The number of hydrogen-bond acceptors (Lipinski definition) is 4. The Morgan fingerprint density at radius 1 is 1.44 bits per heavy atom. The number of rotatable bonds is 6. The second kappa shape index (κ2) is 6.07. The number of carbonyl (C=O) groups is 1. The lowest BCUT2D eigenvalue weighted by Gasteiger charge is -2.08. The van der Waals surface area contributed by atoms with Gasteiger partial charge in [0.1, 0.15) is 18.1 Å². The molecule has 0 aliphatic heterocycles. The van der Waals surface area contributed by atoms with Crippen LogP contribution in [0.5, 0.6) is 5.75 Å². The molecule has 16 heavy (non-hydrogen) atoms. The van der Waals surface area contributed by atoms with Gasteiger partial charge in [0, 0.05) is 0 Å². The van der Waals surface area contributed by atoms with Gasteiger partial charge in [0.15, 0.2) is 0 Å².